The maximum absolute atomic E-state index is 4.74. The van der Waals surface area contributed by atoms with E-state index in [9.17, 15) is 0 Å². The number of nitrogens with one attached hydrogen (secondary N) is 1. The molecule has 18 heavy (non-hydrogen) atoms. The summed E-state index contributed by atoms with van der Waals surface area (Å²) in [5.41, 5.74) is 2.89. The van der Waals surface area contributed by atoms with Crippen LogP contribution in [-0.2, 0) is 11.8 Å². The number of aromatic nitrogens is 1. The monoisotopic (exact) mass is 248 g/mol. The third kappa shape index (κ3) is 4.67. The zero-order valence-electron chi connectivity index (χ0n) is 13.0. The van der Waals surface area contributed by atoms with E-state index in [2.05, 4.69) is 65.9 Å². The molecule has 2 heteroatoms. The lowest BCUT2D eigenvalue weighted by atomic mass is 9.90. The smallest absolute Gasteiger partial charge is 0.126 e. The fraction of sp³-hybridized carbons (Fsp3) is 0.688. The largest absolute Gasteiger partial charge is 0.370 e. The van der Waals surface area contributed by atoms with Gasteiger partial charge < -0.3 is 5.32 Å². The highest BCUT2D eigenvalue weighted by Crippen LogP contribution is 2.24. The van der Waals surface area contributed by atoms with Gasteiger partial charge in [0.05, 0.1) is 0 Å². The van der Waals surface area contributed by atoms with E-state index in [0.717, 1.165) is 18.8 Å². The van der Waals surface area contributed by atoms with Crippen molar-refractivity contribution in [1.82, 2.24) is 4.98 Å². The lowest BCUT2D eigenvalue weighted by Crippen LogP contribution is -2.21. The summed E-state index contributed by atoms with van der Waals surface area (Å²) in [4.78, 5) is 4.74. The van der Waals surface area contributed by atoms with Crippen LogP contribution in [0.25, 0.3) is 0 Å². The molecule has 1 aromatic rings. The van der Waals surface area contributed by atoms with Crippen molar-refractivity contribution in [3.8, 4) is 0 Å². The number of nitrogens with zero attached hydrogens (tertiary/aromatic N) is 1. The fourth-order valence-electron chi connectivity index (χ4n) is 1.62. The van der Waals surface area contributed by atoms with Gasteiger partial charge in [-0.25, -0.2) is 4.98 Å². The Balaban J connectivity index is 2.98. The van der Waals surface area contributed by atoms with E-state index in [0.29, 0.717) is 0 Å². The summed E-state index contributed by atoms with van der Waals surface area (Å²) in [6.07, 6.45) is 1.05. The van der Waals surface area contributed by atoms with Gasteiger partial charge in [-0.1, -0.05) is 48.5 Å². The molecule has 0 fully saturated rings. The van der Waals surface area contributed by atoms with Crippen molar-refractivity contribution in [3.05, 3.63) is 23.4 Å². The first-order chi connectivity index (χ1) is 8.12. The molecule has 0 aliphatic rings. The predicted molar refractivity (Wildman–Crippen MR) is 80.3 cm³/mol. The Morgan fingerprint density at radius 1 is 1.06 bits per heavy atom. The summed E-state index contributed by atoms with van der Waals surface area (Å²) in [6, 6.07) is 4.39. The maximum Gasteiger partial charge on any atom is 0.126 e. The van der Waals surface area contributed by atoms with Gasteiger partial charge in [-0.15, -0.1) is 0 Å². The predicted octanol–water partition coefficient (Wildman–Crippen LogP) is 4.40. The van der Waals surface area contributed by atoms with E-state index in [1.54, 1.807) is 0 Å². The van der Waals surface area contributed by atoms with Crippen LogP contribution >= 0.6 is 0 Å². The topological polar surface area (TPSA) is 24.9 Å². The molecule has 0 atom stereocenters. The SMILES string of the molecule is CCc1cc(NCC(C)(C)C)nc(C(C)(C)C)c1. The van der Waals surface area contributed by atoms with Crippen LogP contribution in [0.3, 0.4) is 0 Å². The second-order valence-electron chi connectivity index (χ2n) is 7.26. The van der Waals surface area contributed by atoms with Gasteiger partial charge in [-0.05, 0) is 29.5 Å². The van der Waals surface area contributed by atoms with Gasteiger partial charge in [-0.3, -0.25) is 0 Å². The van der Waals surface area contributed by atoms with E-state index < -0.39 is 0 Å². The third-order valence-electron chi connectivity index (χ3n) is 2.86. The molecule has 0 spiro atoms. The van der Waals surface area contributed by atoms with Crippen molar-refractivity contribution in [2.75, 3.05) is 11.9 Å². The second kappa shape index (κ2) is 5.29. The normalized spacial score (nSPS) is 12.6. The number of pyridine rings is 1. The molecule has 0 aliphatic heterocycles. The van der Waals surface area contributed by atoms with Crippen molar-refractivity contribution >= 4 is 5.82 Å². The molecule has 1 heterocycles. The van der Waals surface area contributed by atoms with Gasteiger partial charge in [0.25, 0.3) is 0 Å². The van der Waals surface area contributed by atoms with E-state index in [1.807, 2.05) is 0 Å². The zero-order chi connectivity index (χ0) is 14.0. The summed E-state index contributed by atoms with van der Waals surface area (Å²) in [6.45, 7) is 16.5. The van der Waals surface area contributed by atoms with Gasteiger partial charge in [0, 0.05) is 17.7 Å². The number of anilines is 1. The van der Waals surface area contributed by atoms with Crippen LogP contribution < -0.4 is 5.32 Å². The molecule has 102 valence electrons. The minimum absolute atomic E-state index is 0.101. The lowest BCUT2D eigenvalue weighted by molar-refractivity contribution is 0.442. The number of hydrogen-bond donors (Lipinski definition) is 1. The summed E-state index contributed by atoms with van der Waals surface area (Å²) in [5, 5.41) is 3.46. The first kappa shape index (κ1) is 15.0. The average Bonchev–Trinajstić information content (AvgIpc) is 2.24. The molecule has 0 amide bonds. The van der Waals surface area contributed by atoms with Crippen LogP contribution in [0.2, 0.25) is 0 Å². The molecule has 1 N–H and O–H groups in total. The van der Waals surface area contributed by atoms with Crippen LogP contribution in [0.1, 0.15) is 59.7 Å². The minimum atomic E-state index is 0.101. The number of hydrogen-bond acceptors (Lipinski definition) is 2. The van der Waals surface area contributed by atoms with E-state index in [-0.39, 0.29) is 10.8 Å². The van der Waals surface area contributed by atoms with Gasteiger partial charge in [0.15, 0.2) is 0 Å². The molecule has 1 aromatic heterocycles. The summed E-state index contributed by atoms with van der Waals surface area (Å²) >= 11 is 0. The Morgan fingerprint density at radius 2 is 1.67 bits per heavy atom. The molecule has 1 rings (SSSR count). The quantitative estimate of drug-likeness (QED) is 0.857. The van der Waals surface area contributed by atoms with Gasteiger partial charge >= 0.3 is 0 Å². The first-order valence-electron chi connectivity index (χ1n) is 6.87. The Bertz CT molecular complexity index is 395. The molecular formula is C16H28N2. The zero-order valence-corrected chi connectivity index (χ0v) is 13.0. The lowest BCUT2D eigenvalue weighted by Gasteiger charge is -2.23. The van der Waals surface area contributed by atoms with Crippen molar-refractivity contribution in [1.29, 1.82) is 0 Å². The van der Waals surface area contributed by atoms with E-state index in [1.165, 1.54) is 11.3 Å². The summed E-state index contributed by atoms with van der Waals surface area (Å²) < 4.78 is 0. The molecule has 0 unspecified atom stereocenters. The van der Waals surface area contributed by atoms with Crippen molar-refractivity contribution in [2.24, 2.45) is 5.41 Å². The molecule has 0 saturated heterocycles. The van der Waals surface area contributed by atoms with Crippen molar-refractivity contribution in [2.45, 2.75) is 60.3 Å². The third-order valence-corrected chi connectivity index (χ3v) is 2.86. The van der Waals surface area contributed by atoms with Crippen LogP contribution in [0.4, 0.5) is 5.82 Å². The van der Waals surface area contributed by atoms with Crippen LogP contribution in [-0.4, -0.2) is 11.5 Å². The van der Waals surface area contributed by atoms with Crippen molar-refractivity contribution < 1.29 is 0 Å². The van der Waals surface area contributed by atoms with Crippen LogP contribution in [0.5, 0.6) is 0 Å². The van der Waals surface area contributed by atoms with Gasteiger partial charge in [-0.2, -0.15) is 0 Å². The van der Waals surface area contributed by atoms with Gasteiger partial charge in [0.1, 0.15) is 5.82 Å². The van der Waals surface area contributed by atoms with E-state index in [4.69, 9.17) is 4.98 Å². The van der Waals surface area contributed by atoms with Gasteiger partial charge in [0.2, 0.25) is 0 Å². The molecule has 0 bridgehead atoms. The summed E-state index contributed by atoms with van der Waals surface area (Å²) in [5.74, 6) is 1.01. The summed E-state index contributed by atoms with van der Waals surface area (Å²) in [7, 11) is 0. The standard InChI is InChI=1S/C16H28N2/c1-8-12-9-13(16(5,6)7)18-14(10-12)17-11-15(2,3)4/h9-10H,8,11H2,1-7H3,(H,17,18). The number of aryl methyl sites for hydroxylation is 1. The molecule has 0 aliphatic carbocycles. The Labute approximate surface area is 112 Å². The Morgan fingerprint density at radius 3 is 2.11 bits per heavy atom. The van der Waals surface area contributed by atoms with Crippen molar-refractivity contribution in [3.63, 3.8) is 0 Å². The first-order valence-corrected chi connectivity index (χ1v) is 6.87. The average molecular weight is 248 g/mol. The maximum atomic E-state index is 4.74. The molecule has 0 saturated carbocycles. The second-order valence-corrected chi connectivity index (χ2v) is 7.26. The highest BCUT2D eigenvalue weighted by Gasteiger charge is 2.17. The minimum Gasteiger partial charge on any atom is -0.370 e. The molecule has 0 aromatic carbocycles. The number of rotatable bonds is 3. The van der Waals surface area contributed by atoms with Crippen LogP contribution in [0, 0.1) is 5.41 Å². The molecule has 2 nitrogen and oxygen atoms in total. The van der Waals surface area contributed by atoms with Crippen LogP contribution in [0.15, 0.2) is 12.1 Å². The molecule has 0 radical (unpaired) electrons. The highest BCUT2D eigenvalue weighted by molar-refractivity contribution is 5.41. The Hall–Kier alpha value is -1.05. The fourth-order valence-corrected chi connectivity index (χ4v) is 1.62. The molecular weight excluding hydrogens is 220 g/mol. The Kier molecular flexibility index (Phi) is 4.41. The van der Waals surface area contributed by atoms with E-state index >= 15 is 0 Å². The highest BCUT2D eigenvalue weighted by atomic mass is 15.0.